The van der Waals surface area contributed by atoms with E-state index in [1.165, 1.54) is 0 Å². The molecule has 1 aromatic rings. The molecule has 1 aliphatic carbocycles. The van der Waals surface area contributed by atoms with Gasteiger partial charge in [-0.1, -0.05) is 11.6 Å². The van der Waals surface area contributed by atoms with Crippen LogP contribution in [-0.2, 0) is 0 Å². The molecule has 78 valence electrons. The van der Waals surface area contributed by atoms with Crippen LogP contribution in [-0.4, -0.2) is 15.8 Å². The number of rotatable bonds is 1. The zero-order valence-electron chi connectivity index (χ0n) is 8.41. The molecule has 14 heavy (non-hydrogen) atoms. The Morgan fingerprint density at radius 3 is 2.57 bits per heavy atom. The molecule has 0 saturated heterocycles. The van der Waals surface area contributed by atoms with Crippen LogP contribution in [0.5, 0.6) is 0 Å². The molecule has 0 amide bonds. The smallest absolute Gasteiger partial charge is 0.130 e. The number of hydrogen-bond donors (Lipinski definition) is 1. The molecule has 3 nitrogen and oxygen atoms in total. The van der Waals surface area contributed by atoms with E-state index in [1.807, 2.05) is 17.8 Å². The lowest BCUT2D eigenvalue weighted by Gasteiger charge is -2.26. The maximum atomic E-state index is 6.15. The zero-order valence-corrected chi connectivity index (χ0v) is 9.17. The topological polar surface area (TPSA) is 43.8 Å². The fourth-order valence-corrected chi connectivity index (χ4v) is 2.26. The summed E-state index contributed by atoms with van der Waals surface area (Å²) in [6.07, 6.45) is 6.20. The Balaban J connectivity index is 2.12. The molecular formula is C10H16ClN3. The minimum atomic E-state index is 0.377. The number of aryl methyl sites for hydroxylation is 1. The highest BCUT2D eigenvalue weighted by Gasteiger charge is 2.22. The summed E-state index contributed by atoms with van der Waals surface area (Å²) in [5.74, 6) is 0. The first-order valence-electron chi connectivity index (χ1n) is 5.13. The fourth-order valence-electron chi connectivity index (χ4n) is 2.03. The monoisotopic (exact) mass is 213 g/mol. The summed E-state index contributed by atoms with van der Waals surface area (Å²) in [4.78, 5) is 0. The van der Waals surface area contributed by atoms with Crippen molar-refractivity contribution in [1.82, 2.24) is 9.78 Å². The van der Waals surface area contributed by atoms with Crippen molar-refractivity contribution in [2.75, 3.05) is 0 Å². The number of nitrogens with zero attached hydrogens (tertiary/aromatic N) is 2. The third-order valence-electron chi connectivity index (χ3n) is 2.99. The van der Waals surface area contributed by atoms with Crippen molar-refractivity contribution in [3.63, 3.8) is 0 Å². The Bertz CT molecular complexity index is 313. The van der Waals surface area contributed by atoms with Gasteiger partial charge in [0.25, 0.3) is 0 Å². The van der Waals surface area contributed by atoms with Gasteiger partial charge in [0.2, 0.25) is 0 Å². The molecule has 0 unspecified atom stereocenters. The van der Waals surface area contributed by atoms with Crippen molar-refractivity contribution in [3.8, 4) is 0 Å². The van der Waals surface area contributed by atoms with Crippen LogP contribution in [0.4, 0.5) is 0 Å². The highest BCUT2D eigenvalue weighted by Crippen LogP contribution is 2.30. The zero-order chi connectivity index (χ0) is 10.1. The molecular weight excluding hydrogens is 198 g/mol. The van der Waals surface area contributed by atoms with Crippen LogP contribution >= 0.6 is 11.6 Å². The molecule has 1 fully saturated rings. The van der Waals surface area contributed by atoms with Crippen molar-refractivity contribution in [1.29, 1.82) is 0 Å². The van der Waals surface area contributed by atoms with Gasteiger partial charge in [0.15, 0.2) is 0 Å². The molecule has 0 spiro atoms. The van der Waals surface area contributed by atoms with Gasteiger partial charge >= 0.3 is 0 Å². The SMILES string of the molecule is Cc1cnn(C2CCC(N)CC2)c1Cl. The Labute approximate surface area is 89.2 Å². The molecule has 1 heterocycles. The first-order chi connectivity index (χ1) is 6.68. The van der Waals surface area contributed by atoms with Gasteiger partial charge in [-0.2, -0.15) is 5.10 Å². The lowest BCUT2D eigenvalue weighted by Crippen LogP contribution is -2.28. The molecule has 2 N–H and O–H groups in total. The lowest BCUT2D eigenvalue weighted by atomic mass is 9.92. The average molecular weight is 214 g/mol. The summed E-state index contributed by atoms with van der Waals surface area (Å²) in [5.41, 5.74) is 6.91. The van der Waals surface area contributed by atoms with Crippen LogP contribution in [0.1, 0.15) is 37.3 Å². The third kappa shape index (κ3) is 1.79. The Morgan fingerprint density at radius 1 is 1.43 bits per heavy atom. The van der Waals surface area contributed by atoms with Crippen LogP contribution in [0.25, 0.3) is 0 Å². The van der Waals surface area contributed by atoms with Crippen molar-refractivity contribution in [2.45, 2.75) is 44.7 Å². The molecule has 0 atom stereocenters. The van der Waals surface area contributed by atoms with E-state index in [0.717, 1.165) is 36.4 Å². The van der Waals surface area contributed by atoms with Gasteiger partial charge in [-0.15, -0.1) is 0 Å². The van der Waals surface area contributed by atoms with E-state index in [2.05, 4.69) is 5.10 Å². The van der Waals surface area contributed by atoms with Gasteiger partial charge in [-0.05, 0) is 32.6 Å². The highest BCUT2D eigenvalue weighted by atomic mass is 35.5. The van der Waals surface area contributed by atoms with Crippen molar-refractivity contribution >= 4 is 11.6 Å². The van der Waals surface area contributed by atoms with E-state index >= 15 is 0 Å². The predicted octanol–water partition coefficient (Wildman–Crippen LogP) is 2.29. The van der Waals surface area contributed by atoms with Gasteiger partial charge in [0, 0.05) is 11.6 Å². The van der Waals surface area contributed by atoms with E-state index < -0.39 is 0 Å². The summed E-state index contributed by atoms with van der Waals surface area (Å²) >= 11 is 6.15. The second-order valence-corrected chi connectivity index (χ2v) is 4.49. The van der Waals surface area contributed by atoms with Crippen molar-refractivity contribution in [3.05, 3.63) is 16.9 Å². The number of hydrogen-bond acceptors (Lipinski definition) is 2. The lowest BCUT2D eigenvalue weighted by molar-refractivity contribution is 0.304. The quantitative estimate of drug-likeness (QED) is 0.778. The second-order valence-electron chi connectivity index (χ2n) is 4.13. The van der Waals surface area contributed by atoms with Crippen LogP contribution < -0.4 is 5.73 Å². The van der Waals surface area contributed by atoms with E-state index in [9.17, 15) is 0 Å². The maximum absolute atomic E-state index is 6.15. The van der Waals surface area contributed by atoms with Gasteiger partial charge < -0.3 is 5.73 Å². The molecule has 4 heteroatoms. The molecule has 1 aliphatic rings. The summed E-state index contributed by atoms with van der Waals surface area (Å²) in [6, 6.07) is 0.831. The van der Waals surface area contributed by atoms with E-state index in [-0.39, 0.29) is 0 Å². The molecule has 0 aromatic carbocycles. The summed E-state index contributed by atoms with van der Waals surface area (Å²) in [6.45, 7) is 1.99. The number of aromatic nitrogens is 2. The predicted molar refractivity (Wildman–Crippen MR) is 57.5 cm³/mol. The average Bonchev–Trinajstić information content (AvgIpc) is 2.50. The molecule has 0 bridgehead atoms. The van der Waals surface area contributed by atoms with Crippen molar-refractivity contribution < 1.29 is 0 Å². The third-order valence-corrected chi connectivity index (χ3v) is 3.46. The first kappa shape index (κ1) is 9.99. The number of nitrogens with two attached hydrogens (primary N) is 1. The normalized spacial score (nSPS) is 27.9. The summed E-state index contributed by atoms with van der Waals surface area (Å²) in [5, 5.41) is 5.09. The van der Waals surface area contributed by atoms with Gasteiger partial charge in [-0.3, -0.25) is 4.68 Å². The van der Waals surface area contributed by atoms with Gasteiger partial charge in [0.05, 0.1) is 12.2 Å². The van der Waals surface area contributed by atoms with Crippen LogP contribution in [0.15, 0.2) is 6.20 Å². The Hall–Kier alpha value is -0.540. The largest absolute Gasteiger partial charge is 0.328 e. The maximum Gasteiger partial charge on any atom is 0.130 e. The van der Waals surface area contributed by atoms with Gasteiger partial charge in [0.1, 0.15) is 5.15 Å². The van der Waals surface area contributed by atoms with E-state index in [4.69, 9.17) is 17.3 Å². The highest BCUT2D eigenvalue weighted by molar-refractivity contribution is 6.30. The van der Waals surface area contributed by atoms with Crippen molar-refractivity contribution in [2.24, 2.45) is 5.73 Å². The van der Waals surface area contributed by atoms with E-state index in [1.54, 1.807) is 0 Å². The number of halogens is 1. The Kier molecular flexibility index (Phi) is 2.79. The summed E-state index contributed by atoms with van der Waals surface area (Å²) < 4.78 is 1.95. The van der Waals surface area contributed by atoms with Gasteiger partial charge in [-0.25, -0.2) is 0 Å². The molecule has 2 rings (SSSR count). The minimum absolute atomic E-state index is 0.377. The fraction of sp³-hybridized carbons (Fsp3) is 0.700. The molecule has 0 radical (unpaired) electrons. The Morgan fingerprint density at radius 2 is 2.07 bits per heavy atom. The van der Waals surface area contributed by atoms with E-state index in [0.29, 0.717) is 12.1 Å². The minimum Gasteiger partial charge on any atom is -0.328 e. The first-order valence-corrected chi connectivity index (χ1v) is 5.51. The molecule has 1 aromatic heterocycles. The molecule has 0 aliphatic heterocycles. The standard InChI is InChI=1S/C10H16ClN3/c1-7-6-13-14(10(7)11)9-4-2-8(12)3-5-9/h6,8-9H,2-5,12H2,1H3. The summed E-state index contributed by atoms with van der Waals surface area (Å²) in [7, 11) is 0. The molecule has 1 saturated carbocycles. The van der Waals surface area contributed by atoms with Crippen LogP contribution in [0.2, 0.25) is 5.15 Å². The second kappa shape index (κ2) is 3.91. The van der Waals surface area contributed by atoms with Crippen LogP contribution in [0, 0.1) is 6.92 Å². The van der Waals surface area contributed by atoms with Crippen LogP contribution in [0.3, 0.4) is 0 Å².